The van der Waals surface area contributed by atoms with Gasteiger partial charge in [0.05, 0.1) is 12.5 Å². The maximum absolute atomic E-state index is 11.5. The van der Waals surface area contributed by atoms with Crippen LogP contribution in [0, 0.1) is 5.41 Å². The summed E-state index contributed by atoms with van der Waals surface area (Å²) < 4.78 is 4.82. The van der Waals surface area contributed by atoms with Crippen molar-refractivity contribution in [2.24, 2.45) is 5.41 Å². The van der Waals surface area contributed by atoms with Crippen molar-refractivity contribution >= 4 is 5.97 Å². The first-order valence-corrected chi connectivity index (χ1v) is 4.54. The molecule has 1 N–H and O–H groups in total. The van der Waals surface area contributed by atoms with Crippen LogP contribution < -0.4 is 5.32 Å². The van der Waals surface area contributed by atoms with E-state index in [1.807, 2.05) is 0 Å². The minimum atomic E-state index is -0.194. The molecule has 1 aliphatic heterocycles. The van der Waals surface area contributed by atoms with Gasteiger partial charge < -0.3 is 10.1 Å². The van der Waals surface area contributed by atoms with Crippen LogP contribution in [0.4, 0.5) is 0 Å². The van der Waals surface area contributed by atoms with Gasteiger partial charge in [0.1, 0.15) is 0 Å². The fourth-order valence-electron chi connectivity index (χ4n) is 1.82. The molecule has 0 radical (unpaired) electrons. The summed E-state index contributed by atoms with van der Waals surface area (Å²) in [7, 11) is 1.47. The average molecular weight is 171 g/mol. The zero-order chi connectivity index (χ0) is 9.03. The molecule has 1 rings (SSSR count). The third-order valence-corrected chi connectivity index (χ3v) is 2.86. The van der Waals surface area contributed by atoms with Gasteiger partial charge in [-0.05, 0) is 32.4 Å². The summed E-state index contributed by atoms with van der Waals surface area (Å²) in [6.45, 7) is 3.92. The fourth-order valence-corrected chi connectivity index (χ4v) is 1.82. The van der Waals surface area contributed by atoms with E-state index in [1.165, 1.54) is 7.11 Å². The molecule has 1 saturated heterocycles. The minimum absolute atomic E-state index is 0.0356. The molecular weight excluding hydrogens is 154 g/mol. The Hall–Kier alpha value is -0.570. The van der Waals surface area contributed by atoms with E-state index in [2.05, 4.69) is 12.2 Å². The largest absolute Gasteiger partial charge is 0.469 e. The van der Waals surface area contributed by atoms with E-state index in [0.717, 1.165) is 32.4 Å². The maximum atomic E-state index is 11.5. The lowest BCUT2D eigenvalue weighted by atomic mass is 9.77. The Bertz CT molecular complexity index is 162. The van der Waals surface area contributed by atoms with Crippen molar-refractivity contribution in [3.05, 3.63) is 0 Å². The number of piperidine rings is 1. The highest BCUT2D eigenvalue weighted by Gasteiger charge is 2.38. The van der Waals surface area contributed by atoms with Gasteiger partial charge in [-0.2, -0.15) is 0 Å². The van der Waals surface area contributed by atoms with Crippen LogP contribution in [-0.2, 0) is 9.53 Å². The van der Waals surface area contributed by atoms with Crippen LogP contribution in [0.2, 0.25) is 0 Å². The Kier molecular flexibility index (Phi) is 3.09. The predicted octanol–water partition coefficient (Wildman–Crippen LogP) is 0.939. The Balaban J connectivity index is 2.66. The zero-order valence-electron chi connectivity index (χ0n) is 7.85. The van der Waals surface area contributed by atoms with Crippen LogP contribution >= 0.6 is 0 Å². The summed E-state index contributed by atoms with van der Waals surface area (Å²) in [6.07, 6.45) is 2.72. The Labute approximate surface area is 73.5 Å². The molecule has 0 aromatic heterocycles. The number of ether oxygens (including phenoxy) is 1. The summed E-state index contributed by atoms with van der Waals surface area (Å²) in [5, 5.41) is 3.24. The van der Waals surface area contributed by atoms with Crippen molar-refractivity contribution in [1.82, 2.24) is 5.32 Å². The molecular formula is C9H17NO2. The molecule has 0 aromatic rings. The molecule has 0 aromatic carbocycles. The van der Waals surface area contributed by atoms with E-state index in [-0.39, 0.29) is 11.4 Å². The van der Waals surface area contributed by atoms with Gasteiger partial charge in [-0.15, -0.1) is 0 Å². The Morgan fingerprint density at radius 3 is 2.50 bits per heavy atom. The van der Waals surface area contributed by atoms with Crippen LogP contribution in [-0.4, -0.2) is 26.2 Å². The molecule has 1 aliphatic rings. The van der Waals surface area contributed by atoms with Crippen molar-refractivity contribution < 1.29 is 9.53 Å². The predicted molar refractivity (Wildman–Crippen MR) is 46.8 cm³/mol. The topological polar surface area (TPSA) is 38.3 Å². The first-order valence-electron chi connectivity index (χ1n) is 4.54. The molecule has 1 fully saturated rings. The third-order valence-electron chi connectivity index (χ3n) is 2.86. The van der Waals surface area contributed by atoms with Crippen LogP contribution in [0.15, 0.2) is 0 Å². The van der Waals surface area contributed by atoms with E-state index in [0.29, 0.717) is 0 Å². The van der Waals surface area contributed by atoms with Crippen LogP contribution in [0.1, 0.15) is 26.2 Å². The first kappa shape index (κ1) is 9.52. The summed E-state index contributed by atoms with van der Waals surface area (Å²) in [5.41, 5.74) is -0.194. The molecule has 70 valence electrons. The van der Waals surface area contributed by atoms with E-state index in [4.69, 9.17) is 4.74 Å². The smallest absolute Gasteiger partial charge is 0.311 e. The average Bonchev–Trinajstić information content (AvgIpc) is 2.17. The van der Waals surface area contributed by atoms with Gasteiger partial charge in [-0.25, -0.2) is 0 Å². The number of rotatable bonds is 2. The van der Waals surface area contributed by atoms with Gasteiger partial charge in [-0.3, -0.25) is 4.79 Å². The van der Waals surface area contributed by atoms with Gasteiger partial charge in [0.25, 0.3) is 0 Å². The molecule has 1 heterocycles. The summed E-state index contributed by atoms with van der Waals surface area (Å²) >= 11 is 0. The lowest BCUT2D eigenvalue weighted by molar-refractivity contribution is -0.154. The summed E-state index contributed by atoms with van der Waals surface area (Å²) in [5.74, 6) is -0.0356. The van der Waals surface area contributed by atoms with Gasteiger partial charge >= 0.3 is 5.97 Å². The fraction of sp³-hybridized carbons (Fsp3) is 0.889. The molecule has 12 heavy (non-hydrogen) atoms. The van der Waals surface area contributed by atoms with Crippen LogP contribution in [0.25, 0.3) is 0 Å². The summed E-state index contributed by atoms with van der Waals surface area (Å²) in [4.78, 5) is 11.5. The standard InChI is InChI=1S/C9H17NO2/c1-3-9(8(11)12-2)4-6-10-7-5-9/h10H,3-7H2,1-2H3. The first-order chi connectivity index (χ1) is 5.75. The number of carbonyl (C=O) groups excluding carboxylic acids is 1. The van der Waals surface area contributed by atoms with Crippen molar-refractivity contribution in [1.29, 1.82) is 0 Å². The third kappa shape index (κ3) is 1.61. The molecule has 0 unspecified atom stereocenters. The molecule has 0 spiro atoms. The lowest BCUT2D eigenvalue weighted by Crippen LogP contribution is -2.42. The highest BCUT2D eigenvalue weighted by molar-refractivity contribution is 5.76. The van der Waals surface area contributed by atoms with E-state index in [1.54, 1.807) is 0 Å². The lowest BCUT2D eigenvalue weighted by Gasteiger charge is -2.33. The Morgan fingerprint density at radius 2 is 2.08 bits per heavy atom. The summed E-state index contributed by atoms with van der Waals surface area (Å²) in [6, 6.07) is 0. The normalized spacial score (nSPS) is 21.8. The van der Waals surface area contributed by atoms with Crippen molar-refractivity contribution in [2.75, 3.05) is 20.2 Å². The second-order valence-electron chi connectivity index (χ2n) is 3.38. The molecule has 0 bridgehead atoms. The van der Waals surface area contributed by atoms with Crippen molar-refractivity contribution in [2.45, 2.75) is 26.2 Å². The molecule has 3 nitrogen and oxygen atoms in total. The molecule has 0 saturated carbocycles. The van der Waals surface area contributed by atoms with Gasteiger partial charge in [0.15, 0.2) is 0 Å². The second-order valence-corrected chi connectivity index (χ2v) is 3.38. The SMILES string of the molecule is CCC1(C(=O)OC)CCNCC1. The number of methoxy groups -OCH3 is 1. The Morgan fingerprint density at radius 1 is 1.50 bits per heavy atom. The quantitative estimate of drug-likeness (QED) is 0.628. The van der Waals surface area contributed by atoms with Gasteiger partial charge in [0.2, 0.25) is 0 Å². The minimum Gasteiger partial charge on any atom is -0.469 e. The highest BCUT2D eigenvalue weighted by Crippen LogP contribution is 2.33. The second kappa shape index (κ2) is 3.90. The van der Waals surface area contributed by atoms with Crippen molar-refractivity contribution in [3.63, 3.8) is 0 Å². The van der Waals surface area contributed by atoms with Gasteiger partial charge in [-0.1, -0.05) is 6.92 Å². The number of carbonyl (C=O) groups is 1. The monoisotopic (exact) mass is 171 g/mol. The van der Waals surface area contributed by atoms with Crippen molar-refractivity contribution in [3.8, 4) is 0 Å². The molecule has 0 aliphatic carbocycles. The van der Waals surface area contributed by atoms with E-state index >= 15 is 0 Å². The van der Waals surface area contributed by atoms with E-state index in [9.17, 15) is 4.79 Å². The van der Waals surface area contributed by atoms with E-state index < -0.39 is 0 Å². The maximum Gasteiger partial charge on any atom is 0.311 e. The molecule has 0 amide bonds. The highest BCUT2D eigenvalue weighted by atomic mass is 16.5. The number of esters is 1. The zero-order valence-corrected chi connectivity index (χ0v) is 7.85. The number of hydrogen-bond acceptors (Lipinski definition) is 3. The molecule has 3 heteroatoms. The number of hydrogen-bond donors (Lipinski definition) is 1. The molecule has 0 atom stereocenters. The number of nitrogens with one attached hydrogen (secondary N) is 1. The van der Waals surface area contributed by atoms with Crippen LogP contribution in [0.5, 0.6) is 0 Å². The van der Waals surface area contributed by atoms with Crippen LogP contribution in [0.3, 0.4) is 0 Å². The van der Waals surface area contributed by atoms with Gasteiger partial charge in [0, 0.05) is 0 Å².